The zero-order valence-corrected chi connectivity index (χ0v) is 10.8. The van der Waals surface area contributed by atoms with Crippen LogP contribution in [0.25, 0.3) is 0 Å². The van der Waals surface area contributed by atoms with E-state index in [1.807, 2.05) is 0 Å². The van der Waals surface area contributed by atoms with Crippen LogP contribution in [-0.4, -0.2) is 0 Å². The summed E-state index contributed by atoms with van der Waals surface area (Å²) < 4.78 is 39.2. The van der Waals surface area contributed by atoms with Gasteiger partial charge in [-0.25, -0.2) is 13.2 Å². The number of nitrogens with one attached hydrogen (secondary N) is 1. The normalized spacial score (nSPS) is 10.4. The van der Waals surface area contributed by atoms with Crippen LogP contribution >= 0.6 is 15.9 Å². The molecule has 0 atom stereocenters. The highest BCUT2D eigenvalue weighted by Gasteiger charge is 2.04. The molecule has 0 amide bonds. The van der Waals surface area contributed by atoms with Crippen molar-refractivity contribution in [1.29, 1.82) is 0 Å². The summed E-state index contributed by atoms with van der Waals surface area (Å²) in [6.45, 7) is 0.381. The Hall–Kier alpha value is -1.49. The van der Waals surface area contributed by atoms with Crippen molar-refractivity contribution >= 4 is 21.6 Å². The number of anilines is 1. The fourth-order valence-corrected chi connectivity index (χ4v) is 1.96. The molecular formula is C13H9BrF3N. The number of hydrogen-bond donors (Lipinski definition) is 1. The summed E-state index contributed by atoms with van der Waals surface area (Å²) in [4.78, 5) is 0. The third-order valence-electron chi connectivity index (χ3n) is 2.42. The first-order valence-corrected chi connectivity index (χ1v) is 5.98. The van der Waals surface area contributed by atoms with Crippen LogP contribution in [0.3, 0.4) is 0 Å². The quantitative estimate of drug-likeness (QED) is 0.880. The van der Waals surface area contributed by atoms with Crippen molar-refractivity contribution in [2.24, 2.45) is 0 Å². The first-order chi connectivity index (χ1) is 8.56. The maximum absolute atomic E-state index is 13.0. The zero-order chi connectivity index (χ0) is 13.1. The molecule has 0 aliphatic rings. The highest BCUT2D eigenvalue weighted by atomic mass is 79.9. The molecule has 94 valence electrons. The predicted octanol–water partition coefficient (Wildman–Crippen LogP) is 4.48. The Morgan fingerprint density at radius 3 is 2.39 bits per heavy atom. The smallest absolute Gasteiger partial charge is 0.160 e. The van der Waals surface area contributed by atoms with E-state index in [1.54, 1.807) is 6.07 Å². The largest absolute Gasteiger partial charge is 0.381 e. The van der Waals surface area contributed by atoms with E-state index < -0.39 is 11.6 Å². The fraction of sp³-hybridized carbons (Fsp3) is 0.0769. The van der Waals surface area contributed by atoms with Gasteiger partial charge in [0, 0.05) is 22.8 Å². The maximum atomic E-state index is 13.0. The molecule has 0 aromatic heterocycles. The number of benzene rings is 2. The summed E-state index contributed by atoms with van der Waals surface area (Å²) >= 11 is 3.23. The molecular weight excluding hydrogens is 307 g/mol. The van der Waals surface area contributed by atoms with Gasteiger partial charge in [-0.1, -0.05) is 22.0 Å². The van der Waals surface area contributed by atoms with Gasteiger partial charge < -0.3 is 5.32 Å². The molecule has 2 rings (SSSR count). The molecule has 0 unspecified atom stereocenters. The number of rotatable bonds is 3. The van der Waals surface area contributed by atoms with Gasteiger partial charge in [0.05, 0.1) is 0 Å². The van der Waals surface area contributed by atoms with Gasteiger partial charge >= 0.3 is 0 Å². The minimum Gasteiger partial charge on any atom is -0.381 e. The Bertz CT molecular complexity index is 572. The lowest BCUT2D eigenvalue weighted by molar-refractivity contribution is 0.509. The van der Waals surface area contributed by atoms with Gasteiger partial charge in [0.1, 0.15) is 5.82 Å². The molecule has 0 aliphatic heterocycles. The molecule has 1 nitrogen and oxygen atoms in total. The van der Waals surface area contributed by atoms with Gasteiger partial charge in [0.25, 0.3) is 0 Å². The second kappa shape index (κ2) is 5.44. The lowest BCUT2D eigenvalue weighted by Gasteiger charge is -2.08. The van der Waals surface area contributed by atoms with E-state index in [2.05, 4.69) is 21.2 Å². The van der Waals surface area contributed by atoms with Crippen molar-refractivity contribution in [1.82, 2.24) is 0 Å². The highest BCUT2D eigenvalue weighted by Crippen LogP contribution is 2.20. The van der Waals surface area contributed by atoms with Gasteiger partial charge in [-0.05, 0) is 29.8 Å². The van der Waals surface area contributed by atoms with Crippen molar-refractivity contribution in [3.8, 4) is 0 Å². The van der Waals surface area contributed by atoms with Gasteiger partial charge in [-0.15, -0.1) is 0 Å². The summed E-state index contributed by atoms with van der Waals surface area (Å²) in [5.74, 6) is -2.12. The lowest BCUT2D eigenvalue weighted by atomic mass is 10.2. The average molecular weight is 316 g/mol. The molecule has 0 spiro atoms. The summed E-state index contributed by atoms with van der Waals surface area (Å²) in [6.07, 6.45) is 0. The Balaban J connectivity index is 2.09. The average Bonchev–Trinajstić information content (AvgIpc) is 2.32. The van der Waals surface area contributed by atoms with E-state index in [-0.39, 0.29) is 5.82 Å². The predicted molar refractivity (Wildman–Crippen MR) is 67.8 cm³/mol. The molecule has 0 saturated carbocycles. The van der Waals surface area contributed by atoms with Crippen molar-refractivity contribution in [2.45, 2.75) is 6.54 Å². The third-order valence-corrected chi connectivity index (χ3v) is 3.16. The van der Waals surface area contributed by atoms with E-state index in [1.165, 1.54) is 18.2 Å². The van der Waals surface area contributed by atoms with Gasteiger partial charge in [-0.3, -0.25) is 0 Å². The first-order valence-electron chi connectivity index (χ1n) is 5.19. The van der Waals surface area contributed by atoms with Crippen LogP contribution < -0.4 is 5.32 Å². The zero-order valence-electron chi connectivity index (χ0n) is 9.18. The minimum absolute atomic E-state index is 0.335. The van der Waals surface area contributed by atoms with Crippen LogP contribution in [0.2, 0.25) is 0 Å². The highest BCUT2D eigenvalue weighted by molar-refractivity contribution is 9.10. The van der Waals surface area contributed by atoms with Crippen molar-refractivity contribution in [3.05, 3.63) is 63.9 Å². The second-order valence-corrected chi connectivity index (χ2v) is 4.57. The molecule has 0 saturated heterocycles. The summed E-state index contributed by atoms with van der Waals surface area (Å²) in [6, 6.07) is 7.88. The van der Waals surface area contributed by atoms with E-state index in [0.29, 0.717) is 16.7 Å². The van der Waals surface area contributed by atoms with Crippen LogP contribution in [0, 0.1) is 17.5 Å². The second-order valence-electron chi connectivity index (χ2n) is 3.72. The lowest BCUT2D eigenvalue weighted by Crippen LogP contribution is -2.01. The van der Waals surface area contributed by atoms with Crippen molar-refractivity contribution < 1.29 is 13.2 Å². The topological polar surface area (TPSA) is 12.0 Å². The van der Waals surface area contributed by atoms with Crippen LogP contribution in [0.15, 0.2) is 40.9 Å². The first kappa shape index (κ1) is 13.0. The van der Waals surface area contributed by atoms with Crippen molar-refractivity contribution in [3.63, 3.8) is 0 Å². The molecule has 0 aliphatic carbocycles. The maximum Gasteiger partial charge on any atom is 0.160 e. The standard InChI is InChI=1S/C13H9BrF3N/c14-11-5-9(15)2-1-8(11)7-18-10-3-4-12(16)13(17)6-10/h1-6,18H,7H2. The van der Waals surface area contributed by atoms with Gasteiger partial charge in [0.2, 0.25) is 0 Å². The van der Waals surface area contributed by atoms with E-state index in [0.717, 1.165) is 17.7 Å². The minimum atomic E-state index is -0.904. The fourth-order valence-electron chi connectivity index (χ4n) is 1.47. The van der Waals surface area contributed by atoms with Crippen molar-refractivity contribution in [2.75, 3.05) is 5.32 Å². The van der Waals surface area contributed by atoms with E-state index >= 15 is 0 Å². The van der Waals surface area contributed by atoms with Gasteiger partial charge in [0.15, 0.2) is 11.6 Å². The summed E-state index contributed by atoms with van der Waals surface area (Å²) in [5, 5.41) is 2.93. The third kappa shape index (κ3) is 3.04. The van der Waals surface area contributed by atoms with Crippen LogP contribution in [0.1, 0.15) is 5.56 Å². The number of halogens is 4. The summed E-state index contributed by atoms with van der Waals surface area (Å²) in [7, 11) is 0. The number of hydrogen-bond acceptors (Lipinski definition) is 1. The molecule has 2 aromatic carbocycles. The Morgan fingerprint density at radius 2 is 1.72 bits per heavy atom. The molecule has 5 heteroatoms. The molecule has 18 heavy (non-hydrogen) atoms. The summed E-state index contributed by atoms with van der Waals surface area (Å²) in [5.41, 5.74) is 1.28. The molecule has 1 N–H and O–H groups in total. The van der Waals surface area contributed by atoms with Crippen LogP contribution in [0.5, 0.6) is 0 Å². The van der Waals surface area contributed by atoms with Crippen LogP contribution in [0.4, 0.5) is 18.9 Å². The molecule has 0 bridgehead atoms. The Kier molecular flexibility index (Phi) is 3.91. The van der Waals surface area contributed by atoms with E-state index in [4.69, 9.17) is 0 Å². The van der Waals surface area contributed by atoms with Gasteiger partial charge in [-0.2, -0.15) is 0 Å². The monoisotopic (exact) mass is 315 g/mol. The van der Waals surface area contributed by atoms with E-state index in [9.17, 15) is 13.2 Å². The molecule has 0 radical (unpaired) electrons. The molecule has 2 aromatic rings. The van der Waals surface area contributed by atoms with Crippen LogP contribution in [-0.2, 0) is 6.54 Å². The SMILES string of the molecule is Fc1ccc(CNc2ccc(F)c(F)c2)c(Br)c1. The molecule has 0 heterocycles. The molecule has 0 fully saturated rings. The Morgan fingerprint density at radius 1 is 0.944 bits per heavy atom. The Labute approximate surface area is 111 Å².